The molecule has 0 amide bonds. The van der Waals surface area contributed by atoms with Crippen LogP contribution in [0.3, 0.4) is 0 Å². The number of hydrogen-bond donors (Lipinski definition) is 0. The molecule has 126 valence electrons. The lowest BCUT2D eigenvalue weighted by molar-refractivity contribution is 0.122. The summed E-state index contributed by atoms with van der Waals surface area (Å²) < 4.78 is 12.5. The Labute approximate surface area is 140 Å². The number of fused-ring (bicyclic) bond motifs is 1. The van der Waals surface area contributed by atoms with Crippen molar-refractivity contribution in [3.63, 3.8) is 0 Å². The minimum absolute atomic E-state index is 0.0271. The SMILES string of the molecule is COCCC1(c2noc(Cn3ncc4cc(C)cnc43)n2)CCC1. The summed E-state index contributed by atoms with van der Waals surface area (Å²) in [6.07, 6.45) is 8.00. The number of aromatic nitrogens is 5. The molecule has 0 bridgehead atoms. The molecule has 3 aromatic heterocycles. The quantitative estimate of drug-likeness (QED) is 0.692. The average molecular weight is 327 g/mol. The molecule has 0 N–H and O–H groups in total. The summed E-state index contributed by atoms with van der Waals surface area (Å²) in [6.45, 7) is 3.18. The van der Waals surface area contributed by atoms with Gasteiger partial charge in [-0.2, -0.15) is 10.1 Å². The number of rotatable bonds is 6. The second-order valence-electron chi connectivity index (χ2n) is 6.62. The first-order chi connectivity index (χ1) is 11.7. The maximum absolute atomic E-state index is 5.48. The first kappa shape index (κ1) is 15.3. The van der Waals surface area contributed by atoms with Crippen LogP contribution in [0.4, 0.5) is 0 Å². The highest BCUT2D eigenvalue weighted by atomic mass is 16.5. The molecule has 1 aliphatic rings. The van der Waals surface area contributed by atoms with Crippen molar-refractivity contribution >= 4 is 11.0 Å². The predicted octanol–water partition coefficient (Wildman–Crippen LogP) is 2.63. The number of nitrogens with zero attached hydrogens (tertiary/aromatic N) is 5. The van der Waals surface area contributed by atoms with Crippen LogP contribution < -0.4 is 0 Å². The number of aryl methyl sites for hydroxylation is 1. The number of pyridine rings is 1. The molecule has 7 heteroatoms. The van der Waals surface area contributed by atoms with Gasteiger partial charge < -0.3 is 9.26 Å². The van der Waals surface area contributed by atoms with E-state index in [0.717, 1.165) is 48.3 Å². The minimum atomic E-state index is 0.0271. The van der Waals surface area contributed by atoms with Crippen LogP contribution in [-0.4, -0.2) is 38.6 Å². The molecular formula is C17H21N5O2. The van der Waals surface area contributed by atoms with Gasteiger partial charge in [0.2, 0.25) is 5.89 Å². The predicted molar refractivity (Wildman–Crippen MR) is 87.7 cm³/mol. The van der Waals surface area contributed by atoms with Crippen molar-refractivity contribution in [1.29, 1.82) is 0 Å². The van der Waals surface area contributed by atoms with Gasteiger partial charge in [0.15, 0.2) is 11.5 Å². The molecule has 0 saturated heterocycles. The standard InChI is InChI=1S/C17H21N5O2/c1-12-8-13-10-19-22(15(13)18-9-12)11-14-20-16(21-24-14)17(4-3-5-17)6-7-23-2/h8-10H,3-7,11H2,1-2H3. The van der Waals surface area contributed by atoms with E-state index in [2.05, 4.69) is 26.3 Å². The van der Waals surface area contributed by atoms with Crippen LogP contribution in [0.25, 0.3) is 11.0 Å². The van der Waals surface area contributed by atoms with Crippen molar-refractivity contribution in [2.75, 3.05) is 13.7 Å². The molecule has 0 spiro atoms. The van der Waals surface area contributed by atoms with Crippen molar-refractivity contribution in [2.24, 2.45) is 0 Å². The minimum Gasteiger partial charge on any atom is -0.385 e. The highest BCUT2D eigenvalue weighted by Gasteiger charge is 2.42. The molecule has 0 aliphatic heterocycles. The number of hydrogen-bond acceptors (Lipinski definition) is 6. The lowest BCUT2D eigenvalue weighted by Gasteiger charge is -2.38. The molecule has 24 heavy (non-hydrogen) atoms. The van der Waals surface area contributed by atoms with Gasteiger partial charge in [-0.25, -0.2) is 9.67 Å². The molecule has 3 heterocycles. The van der Waals surface area contributed by atoms with Crippen molar-refractivity contribution in [1.82, 2.24) is 24.9 Å². The zero-order chi connectivity index (χ0) is 16.6. The molecule has 0 atom stereocenters. The molecule has 7 nitrogen and oxygen atoms in total. The Morgan fingerprint density at radius 3 is 2.96 bits per heavy atom. The van der Waals surface area contributed by atoms with Crippen LogP contribution in [-0.2, 0) is 16.7 Å². The van der Waals surface area contributed by atoms with Crippen LogP contribution in [0.5, 0.6) is 0 Å². The Morgan fingerprint density at radius 1 is 1.33 bits per heavy atom. The number of ether oxygens (including phenoxy) is 1. The monoisotopic (exact) mass is 327 g/mol. The first-order valence-corrected chi connectivity index (χ1v) is 8.30. The summed E-state index contributed by atoms with van der Waals surface area (Å²) in [6, 6.07) is 2.07. The fourth-order valence-electron chi connectivity index (χ4n) is 3.35. The Morgan fingerprint density at radius 2 is 2.21 bits per heavy atom. The zero-order valence-corrected chi connectivity index (χ0v) is 14.0. The summed E-state index contributed by atoms with van der Waals surface area (Å²) >= 11 is 0. The van der Waals surface area contributed by atoms with Crippen LogP contribution in [0.15, 0.2) is 23.0 Å². The normalized spacial score (nSPS) is 16.4. The van der Waals surface area contributed by atoms with Crippen molar-refractivity contribution in [3.05, 3.63) is 35.7 Å². The molecule has 1 fully saturated rings. The van der Waals surface area contributed by atoms with E-state index in [-0.39, 0.29) is 5.41 Å². The molecule has 0 aromatic carbocycles. The van der Waals surface area contributed by atoms with Crippen molar-refractivity contribution in [2.45, 2.75) is 44.6 Å². The molecule has 4 rings (SSSR count). The van der Waals surface area contributed by atoms with Crippen LogP contribution in [0.1, 0.15) is 43.0 Å². The van der Waals surface area contributed by atoms with E-state index in [4.69, 9.17) is 9.26 Å². The molecule has 1 saturated carbocycles. The van der Waals surface area contributed by atoms with Crippen LogP contribution in [0.2, 0.25) is 0 Å². The summed E-state index contributed by atoms with van der Waals surface area (Å²) in [5, 5.41) is 9.65. The van der Waals surface area contributed by atoms with Gasteiger partial charge in [-0.15, -0.1) is 0 Å². The Bertz CT molecular complexity index is 850. The Balaban J connectivity index is 1.56. The molecule has 0 unspecified atom stereocenters. The summed E-state index contributed by atoms with van der Waals surface area (Å²) in [7, 11) is 1.73. The molecule has 3 aromatic rings. The number of methoxy groups -OCH3 is 1. The van der Waals surface area contributed by atoms with Gasteiger partial charge >= 0.3 is 0 Å². The lowest BCUT2D eigenvalue weighted by Crippen LogP contribution is -2.36. The van der Waals surface area contributed by atoms with E-state index in [1.807, 2.05) is 19.3 Å². The maximum atomic E-state index is 5.48. The third-order valence-electron chi connectivity index (χ3n) is 4.94. The topological polar surface area (TPSA) is 78.9 Å². The van der Waals surface area contributed by atoms with E-state index < -0.39 is 0 Å². The van der Waals surface area contributed by atoms with Crippen LogP contribution in [0, 0.1) is 6.92 Å². The summed E-state index contributed by atoms with van der Waals surface area (Å²) in [5.74, 6) is 1.38. The largest absolute Gasteiger partial charge is 0.385 e. The van der Waals surface area contributed by atoms with E-state index in [1.54, 1.807) is 11.8 Å². The first-order valence-electron chi connectivity index (χ1n) is 8.30. The summed E-state index contributed by atoms with van der Waals surface area (Å²) in [4.78, 5) is 9.09. The lowest BCUT2D eigenvalue weighted by atomic mass is 9.66. The van der Waals surface area contributed by atoms with Crippen LogP contribution >= 0.6 is 0 Å². The van der Waals surface area contributed by atoms with Gasteiger partial charge in [0, 0.05) is 30.7 Å². The van der Waals surface area contributed by atoms with Gasteiger partial charge in [0.25, 0.3) is 0 Å². The van der Waals surface area contributed by atoms with Gasteiger partial charge in [0.05, 0.1) is 6.20 Å². The molecule has 0 radical (unpaired) electrons. The van der Waals surface area contributed by atoms with E-state index in [1.165, 1.54) is 6.42 Å². The average Bonchev–Trinajstić information content (AvgIpc) is 3.15. The second-order valence-corrected chi connectivity index (χ2v) is 6.62. The highest BCUT2D eigenvalue weighted by Crippen LogP contribution is 2.45. The zero-order valence-electron chi connectivity index (χ0n) is 14.0. The fraction of sp³-hybridized carbons (Fsp3) is 0.529. The van der Waals surface area contributed by atoms with Crippen molar-refractivity contribution in [3.8, 4) is 0 Å². The Kier molecular flexibility index (Phi) is 3.80. The fourth-order valence-corrected chi connectivity index (χ4v) is 3.35. The van der Waals surface area contributed by atoms with E-state index in [0.29, 0.717) is 12.4 Å². The highest BCUT2D eigenvalue weighted by molar-refractivity contribution is 5.74. The van der Waals surface area contributed by atoms with Gasteiger partial charge in [-0.1, -0.05) is 11.6 Å². The third-order valence-corrected chi connectivity index (χ3v) is 4.94. The maximum Gasteiger partial charge on any atom is 0.248 e. The van der Waals surface area contributed by atoms with Crippen molar-refractivity contribution < 1.29 is 9.26 Å². The molecule has 1 aliphatic carbocycles. The van der Waals surface area contributed by atoms with Gasteiger partial charge in [-0.05, 0) is 37.8 Å². The van der Waals surface area contributed by atoms with E-state index >= 15 is 0 Å². The summed E-state index contributed by atoms with van der Waals surface area (Å²) in [5.41, 5.74) is 1.98. The second kappa shape index (κ2) is 5.98. The van der Waals surface area contributed by atoms with Gasteiger partial charge in [-0.3, -0.25) is 0 Å². The third kappa shape index (κ3) is 2.58. The molecular weight excluding hydrogens is 306 g/mol. The Hall–Kier alpha value is -2.28. The van der Waals surface area contributed by atoms with E-state index in [9.17, 15) is 0 Å². The van der Waals surface area contributed by atoms with Gasteiger partial charge in [0.1, 0.15) is 6.54 Å². The smallest absolute Gasteiger partial charge is 0.248 e.